The predicted octanol–water partition coefficient (Wildman–Crippen LogP) is 1.61. The first kappa shape index (κ1) is 11.3. The van der Waals surface area contributed by atoms with E-state index in [4.69, 9.17) is 0 Å². The maximum absolute atomic E-state index is 11.2. The molecule has 1 aliphatic heterocycles. The third kappa shape index (κ3) is 1.88. The van der Waals surface area contributed by atoms with Crippen molar-refractivity contribution in [2.24, 2.45) is 0 Å². The number of aromatic amines is 1. The molecule has 1 unspecified atom stereocenters. The van der Waals surface area contributed by atoms with Gasteiger partial charge in [0, 0.05) is 31.3 Å². The van der Waals surface area contributed by atoms with E-state index in [0.29, 0.717) is 0 Å². The van der Waals surface area contributed by atoms with Gasteiger partial charge in [-0.2, -0.15) is 0 Å². The average molecular weight is 243 g/mol. The lowest BCUT2D eigenvalue weighted by atomic mass is 10.0. The van der Waals surface area contributed by atoms with Crippen molar-refractivity contribution < 1.29 is 4.79 Å². The molecule has 1 amide bonds. The van der Waals surface area contributed by atoms with Crippen LogP contribution in [0.3, 0.4) is 0 Å². The lowest BCUT2D eigenvalue weighted by Gasteiger charge is -2.38. The SMILES string of the molecule is CN1CCN(C=O)C(c2ccc3[nH]ccc3c2)C1. The van der Waals surface area contributed by atoms with E-state index >= 15 is 0 Å². The van der Waals surface area contributed by atoms with Gasteiger partial charge in [-0.05, 0) is 36.2 Å². The van der Waals surface area contributed by atoms with Crippen molar-refractivity contribution in [1.29, 1.82) is 0 Å². The lowest BCUT2D eigenvalue weighted by Crippen LogP contribution is -2.46. The van der Waals surface area contributed by atoms with Gasteiger partial charge < -0.3 is 14.8 Å². The molecule has 0 radical (unpaired) electrons. The van der Waals surface area contributed by atoms with Gasteiger partial charge in [0.25, 0.3) is 0 Å². The van der Waals surface area contributed by atoms with Gasteiger partial charge in [-0.25, -0.2) is 0 Å². The number of amides is 1. The van der Waals surface area contributed by atoms with Crippen molar-refractivity contribution in [3.8, 4) is 0 Å². The first-order chi connectivity index (χ1) is 8.78. The molecule has 1 N–H and O–H groups in total. The normalized spacial score (nSPS) is 21.4. The largest absolute Gasteiger partial charge is 0.361 e. The zero-order valence-corrected chi connectivity index (χ0v) is 10.5. The van der Waals surface area contributed by atoms with Crippen LogP contribution < -0.4 is 0 Å². The van der Waals surface area contributed by atoms with Crippen molar-refractivity contribution in [2.45, 2.75) is 6.04 Å². The minimum absolute atomic E-state index is 0.167. The summed E-state index contributed by atoms with van der Waals surface area (Å²) in [5, 5.41) is 1.20. The lowest BCUT2D eigenvalue weighted by molar-refractivity contribution is -0.122. The standard InChI is InChI=1S/C14H17N3O/c1-16-6-7-17(10-18)14(9-16)12-2-3-13-11(8-12)4-5-15-13/h2-5,8,10,14-15H,6-7,9H2,1H3. The molecule has 1 aliphatic rings. The van der Waals surface area contributed by atoms with Crippen molar-refractivity contribution >= 4 is 17.3 Å². The van der Waals surface area contributed by atoms with Crippen molar-refractivity contribution in [3.63, 3.8) is 0 Å². The molecule has 0 saturated carbocycles. The Bertz CT molecular complexity index is 563. The monoisotopic (exact) mass is 243 g/mol. The Labute approximate surface area is 106 Å². The molecule has 4 nitrogen and oxygen atoms in total. The van der Waals surface area contributed by atoms with E-state index in [1.54, 1.807) is 0 Å². The summed E-state index contributed by atoms with van der Waals surface area (Å²) in [5.41, 5.74) is 2.35. The van der Waals surface area contributed by atoms with Gasteiger partial charge in [0.15, 0.2) is 0 Å². The van der Waals surface area contributed by atoms with Crippen LogP contribution in [0.15, 0.2) is 30.5 Å². The summed E-state index contributed by atoms with van der Waals surface area (Å²) in [4.78, 5) is 18.5. The molecule has 2 aromatic rings. The first-order valence-electron chi connectivity index (χ1n) is 6.24. The van der Waals surface area contributed by atoms with Crippen LogP contribution in [0.25, 0.3) is 10.9 Å². The van der Waals surface area contributed by atoms with Crippen molar-refractivity contribution in [2.75, 3.05) is 26.7 Å². The van der Waals surface area contributed by atoms with Crippen LogP contribution in [0.2, 0.25) is 0 Å². The van der Waals surface area contributed by atoms with Crippen LogP contribution in [-0.2, 0) is 4.79 Å². The molecule has 18 heavy (non-hydrogen) atoms. The molecule has 1 atom stereocenters. The van der Waals surface area contributed by atoms with Gasteiger partial charge in [-0.15, -0.1) is 0 Å². The molecular weight excluding hydrogens is 226 g/mol. The third-order valence-electron chi connectivity index (χ3n) is 3.72. The van der Waals surface area contributed by atoms with Crippen molar-refractivity contribution in [1.82, 2.24) is 14.8 Å². The number of benzene rings is 1. The van der Waals surface area contributed by atoms with Crippen LogP contribution in [0.1, 0.15) is 11.6 Å². The summed E-state index contributed by atoms with van der Waals surface area (Å²) < 4.78 is 0. The number of hydrogen-bond donors (Lipinski definition) is 1. The van der Waals surface area contributed by atoms with Crippen LogP contribution in [0.5, 0.6) is 0 Å². The molecular formula is C14H17N3O. The number of carbonyl (C=O) groups is 1. The summed E-state index contributed by atoms with van der Waals surface area (Å²) in [6, 6.07) is 8.60. The zero-order valence-electron chi connectivity index (χ0n) is 10.5. The highest BCUT2D eigenvalue weighted by molar-refractivity contribution is 5.80. The molecule has 3 rings (SSSR count). The third-order valence-corrected chi connectivity index (χ3v) is 3.72. The Balaban J connectivity index is 1.97. The van der Waals surface area contributed by atoms with Crippen molar-refractivity contribution in [3.05, 3.63) is 36.0 Å². The second-order valence-electron chi connectivity index (χ2n) is 4.95. The fourth-order valence-electron chi connectivity index (χ4n) is 2.64. The van der Waals surface area contributed by atoms with E-state index in [1.807, 2.05) is 11.1 Å². The maximum Gasteiger partial charge on any atom is 0.210 e. The van der Waals surface area contributed by atoms with Gasteiger partial charge in [-0.1, -0.05) is 6.07 Å². The summed E-state index contributed by atoms with van der Waals surface area (Å²) in [6.45, 7) is 2.64. The molecule has 1 fully saturated rings. The van der Waals surface area contributed by atoms with Gasteiger partial charge in [0.05, 0.1) is 6.04 Å². The molecule has 94 valence electrons. The highest BCUT2D eigenvalue weighted by Crippen LogP contribution is 2.26. The number of fused-ring (bicyclic) bond motifs is 1. The van der Waals surface area contributed by atoms with E-state index < -0.39 is 0 Å². The topological polar surface area (TPSA) is 39.3 Å². The van der Waals surface area contributed by atoms with Crippen LogP contribution in [-0.4, -0.2) is 47.9 Å². The minimum atomic E-state index is 0.167. The second-order valence-corrected chi connectivity index (χ2v) is 4.95. The highest BCUT2D eigenvalue weighted by atomic mass is 16.1. The number of rotatable bonds is 2. The highest BCUT2D eigenvalue weighted by Gasteiger charge is 2.25. The quantitative estimate of drug-likeness (QED) is 0.814. The number of carbonyl (C=O) groups excluding carboxylic acids is 1. The molecule has 2 heterocycles. The minimum Gasteiger partial charge on any atom is -0.361 e. The second kappa shape index (κ2) is 4.46. The Kier molecular flexibility index (Phi) is 2.80. The fourth-order valence-corrected chi connectivity index (χ4v) is 2.64. The number of aromatic nitrogens is 1. The van der Waals surface area contributed by atoms with Gasteiger partial charge in [0.2, 0.25) is 6.41 Å². The van der Waals surface area contributed by atoms with Crippen LogP contribution in [0, 0.1) is 0 Å². The Morgan fingerprint density at radius 1 is 1.33 bits per heavy atom. The van der Waals surface area contributed by atoms with Crippen LogP contribution in [0.4, 0.5) is 0 Å². The van der Waals surface area contributed by atoms with Gasteiger partial charge in [-0.3, -0.25) is 4.79 Å². The van der Waals surface area contributed by atoms with E-state index in [1.165, 1.54) is 10.9 Å². The summed E-state index contributed by atoms with van der Waals surface area (Å²) in [7, 11) is 2.10. The van der Waals surface area contributed by atoms with E-state index in [0.717, 1.165) is 31.6 Å². The van der Waals surface area contributed by atoms with E-state index in [-0.39, 0.29) is 6.04 Å². The smallest absolute Gasteiger partial charge is 0.210 e. The predicted molar refractivity (Wildman–Crippen MR) is 71.3 cm³/mol. The molecule has 0 spiro atoms. The fraction of sp³-hybridized carbons (Fsp3) is 0.357. The number of hydrogen-bond acceptors (Lipinski definition) is 2. The maximum atomic E-state index is 11.2. The summed E-state index contributed by atoms with van der Waals surface area (Å²) in [5.74, 6) is 0. The Morgan fingerprint density at radius 3 is 3.06 bits per heavy atom. The summed E-state index contributed by atoms with van der Waals surface area (Å²) >= 11 is 0. The van der Waals surface area contributed by atoms with Crippen LogP contribution >= 0.6 is 0 Å². The molecule has 0 aliphatic carbocycles. The zero-order chi connectivity index (χ0) is 12.5. The molecule has 1 aromatic carbocycles. The Morgan fingerprint density at radius 2 is 2.22 bits per heavy atom. The molecule has 0 bridgehead atoms. The van der Waals surface area contributed by atoms with Gasteiger partial charge in [0.1, 0.15) is 0 Å². The number of likely N-dealkylation sites (N-methyl/N-ethyl adjacent to an activating group) is 1. The first-order valence-corrected chi connectivity index (χ1v) is 6.24. The van der Waals surface area contributed by atoms with Gasteiger partial charge >= 0.3 is 0 Å². The van der Waals surface area contributed by atoms with E-state index in [9.17, 15) is 4.79 Å². The number of H-pyrrole nitrogens is 1. The summed E-state index contributed by atoms with van der Waals surface area (Å²) in [6.07, 6.45) is 2.91. The Hall–Kier alpha value is -1.81. The molecule has 1 saturated heterocycles. The number of piperazine rings is 1. The van der Waals surface area contributed by atoms with E-state index in [2.05, 4.69) is 41.2 Å². The number of nitrogens with one attached hydrogen (secondary N) is 1. The molecule has 1 aromatic heterocycles. The average Bonchev–Trinajstić information content (AvgIpc) is 2.85. The number of nitrogens with zero attached hydrogens (tertiary/aromatic N) is 2. The molecule has 4 heteroatoms.